The number of pyridine rings is 1. The zero-order chi connectivity index (χ0) is 17.3. The van der Waals surface area contributed by atoms with E-state index in [-0.39, 0.29) is 11.8 Å². The molecule has 0 saturated carbocycles. The highest BCUT2D eigenvalue weighted by Crippen LogP contribution is 2.29. The van der Waals surface area contributed by atoms with Crippen LogP contribution in [0.2, 0.25) is 0 Å². The maximum absolute atomic E-state index is 12.4. The van der Waals surface area contributed by atoms with Crippen molar-refractivity contribution in [1.29, 1.82) is 0 Å². The molecule has 0 aliphatic carbocycles. The number of carbonyl (C=O) groups is 1. The number of aryl methyl sites for hydroxylation is 2. The molecule has 21 heavy (non-hydrogen) atoms. The molecule has 3 heterocycles. The molecule has 110 valence electrons. The molecule has 1 aliphatic heterocycles. The molecule has 0 fully saturated rings. The fourth-order valence-corrected chi connectivity index (χ4v) is 2.62. The van der Waals surface area contributed by atoms with Crippen molar-refractivity contribution in [2.45, 2.75) is 32.6 Å². The molecular formula is C16H20N4O. The first-order valence-electron chi connectivity index (χ1n) is 8.71. The zero-order valence-electron chi connectivity index (χ0n) is 15.0. The van der Waals surface area contributed by atoms with E-state index in [0.29, 0.717) is 16.9 Å². The number of amides is 1. The van der Waals surface area contributed by atoms with E-state index in [2.05, 4.69) is 15.4 Å². The molecule has 5 nitrogen and oxygen atoms in total. The number of hydrogen-bond acceptors (Lipinski definition) is 3. The minimum atomic E-state index is -2.43. The Morgan fingerprint density at radius 2 is 2.38 bits per heavy atom. The molecule has 3 rings (SSSR count). The van der Waals surface area contributed by atoms with Crippen LogP contribution < -0.4 is 5.32 Å². The Kier molecular flexibility index (Phi) is 2.85. The molecule has 1 unspecified atom stereocenters. The van der Waals surface area contributed by atoms with Crippen LogP contribution in [0, 0.1) is 5.92 Å². The van der Waals surface area contributed by atoms with Crippen molar-refractivity contribution in [3.63, 3.8) is 0 Å². The summed E-state index contributed by atoms with van der Waals surface area (Å²) in [6.45, 7) is -0.545. The number of nitrogens with zero attached hydrogens (tertiary/aromatic N) is 3. The van der Waals surface area contributed by atoms with Crippen molar-refractivity contribution < 1.29 is 8.91 Å². The standard InChI is InChI=1S/C16H20N4O/c1-11-5-3-4-6-13-9-12(7-8-17-13)15-14(19-16(11)21)10-18-20(15)2/h7-11H,3-6H2,1-2H3,(H,19,21)/i2D3. The number of anilines is 1. The van der Waals surface area contributed by atoms with Gasteiger partial charge in [-0.3, -0.25) is 14.5 Å². The van der Waals surface area contributed by atoms with Gasteiger partial charge in [0, 0.05) is 34.5 Å². The van der Waals surface area contributed by atoms with Gasteiger partial charge in [0.2, 0.25) is 5.91 Å². The summed E-state index contributed by atoms with van der Waals surface area (Å²) in [4.78, 5) is 16.7. The fourth-order valence-electron chi connectivity index (χ4n) is 2.62. The highest BCUT2D eigenvalue weighted by atomic mass is 16.1. The number of aromatic nitrogens is 3. The minimum Gasteiger partial charge on any atom is -0.323 e. The summed E-state index contributed by atoms with van der Waals surface area (Å²) in [5.74, 6) is -0.254. The van der Waals surface area contributed by atoms with E-state index in [9.17, 15) is 4.79 Å². The van der Waals surface area contributed by atoms with Crippen LogP contribution in [0.3, 0.4) is 0 Å². The lowest BCUT2D eigenvalue weighted by Crippen LogP contribution is -2.20. The average molecular weight is 287 g/mol. The summed E-state index contributed by atoms with van der Waals surface area (Å²) < 4.78 is 24.1. The van der Waals surface area contributed by atoms with Crippen LogP contribution in [0.25, 0.3) is 11.3 Å². The van der Waals surface area contributed by atoms with Gasteiger partial charge in [0.1, 0.15) is 0 Å². The molecule has 0 radical (unpaired) electrons. The van der Waals surface area contributed by atoms with Crippen molar-refractivity contribution in [2.24, 2.45) is 12.9 Å². The maximum Gasteiger partial charge on any atom is 0.227 e. The van der Waals surface area contributed by atoms with Crippen LogP contribution in [0.5, 0.6) is 0 Å². The number of fused-ring (bicyclic) bond motifs is 4. The Morgan fingerprint density at radius 3 is 3.24 bits per heavy atom. The van der Waals surface area contributed by atoms with Gasteiger partial charge in [-0.25, -0.2) is 0 Å². The third-order valence-corrected chi connectivity index (χ3v) is 3.88. The number of carbonyl (C=O) groups excluding carboxylic acids is 1. The molecule has 0 spiro atoms. The second-order valence-electron chi connectivity index (χ2n) is 5.49. The first-order chi connectivity index (χ1) is 11.4. The van der Waals surface area contributed by atoms with Gasteiger partial charge in [-0.15, -0.1) is 0 Å². The summed E-state index contributed by atoms with van der Waals surface area (Å²) in [6, 6.07) is 3.62. The third-order valence-electron chi connectivity index (χ3n) is 3.88. The molecule has 2 aromatic rings. The van der Waals surface area contributed by atoms with E-state index in [1.165, 1.54) is 6.20 Å². The lowest BCUT2D eigenvalue weighted by Gasteiger charge is -2.14. The smallest absolute Gasteiger partial charge is 0.227 e. The molecule has 1 aliphatic rings. The predicted octanol–water partition coefficient (Wildman–Crippen LogP) is 2.78. The second kappa shape index (κ2) is 5.68. The Balaban J connectivity index is 2.15. The Labute approximate surface area is 128 Å². The lowest BCUT2D eigenvalue weighted by molar-refractivity contribution is -0.119. The van der Waals surface area contributed by atoms with Crippen LogP contribution in [0.4, 0.5) is 5.69 Å². The normalized spacial score (nSPS) is 21.9. The van der Waals surface area contributed by atoms with Crippen molar-refractivity contribution in [3.05, 3.63) is 30.2 Å². The van der Waals surface area contributed by atoms with Gasteiger partial charge < -0.3 is 5.32 Å². The molecule has 1 atom stereocenters. The SMILES string of the molecule is [2H]C([2H])([2H])n1ncc2c1-c1ccnc(c1)CCCCC(C)C(=O)N2. The van der Waals surface area contributed by atoms with Crippen molar-refractivity contribution in [1.82, 2.24) is 14.8 Å². The monoisotopic (exact) mass is 287 g/mol. The molecule has 2 bridgehead atoms. The van der Waals surface area contributed by atoms with Crippen molar-refractivity contribution in [2.75, 3.05) is 5.32 Å². The first kappa shape index (κ1) is 10.5. The number of hydrogen-bond donors (Lipinski definition) is 1. The highest BCUT2D eigenvalue weighted by molar-refractivity contribution is 5.95. The summed E-state index contributed by atoms with van der Waals surface area (Å²) in [6.07, 6.45) is 6.55. The summed E-state index contributed by atoms with van der Waals surface area (Å²) in [5, 5.41) is 6.83. The Morgan fingerprint density at radius 1 is 1.48 bits per heavy atom. The fraction of sp³-hybridized carbons (Fsp3) is 0.438. The molecule has 1 amide bonds. The molecule has 5 heteroatoms. The van der Waals surface area contributed by atoms with E-state index in [1.807, 2.05) is 13.0 Å². The zero-order valence-corrected chi connectivity index (χ0v) is 12.0. The van der Waals surface area contributed by atoms with Crippen molar-refractivity contribution in [3.8, 4) is 11.3 Å². The molecule has 0 aromatic carbocycles. The van der Waals surface area contributed by atoms with Gasteiger partial charge in [0.15, 0.2) is 0 Å². The molecule has 1 N–H and O–H groups in total. The summed E-state index contributed by atoms with van der Waals surface area (Å²) in [5.41, 5.74) is 2.41. The minimum absolute atomic E-state index is 0.115. The van der Waals surface area contributed by atoms with Crippen molar-refractivity contribution >= 4 is 11.6 Å². The average Bonchev–Trinajstić information content (AvgIpc) is 2.94. The predicted molar refractivity (Wildman–Crippen MR) is 81.8 cm³/mol. The first-order valence-corrected chi connectivity index (χ1v) is 7.21. The van der Waals surface area contributed by atoms with Gasteiger partial charge in [-0.2, -0.15) is 5.10 Å². The van der Waals surface area contributed by atoms with Crippen LogP contribution in [-0.4, -0.2) is 20.7 Å². The maximum atomic E-state index is 12.4. The molecule has 0 saturated heterocycles. The number of nitrogens with one attached hydrogen (secondary N) is 1. The summed E-state index contributed by atoms with van der Waals surface area (Å²) >= 11 is 0. The van der Waals surface area contributed by atoms with Crippen LogP contribution in [0.1, 0.15) is 36.0 Å². The topological polar surface area (TPSA) is 59.8 Å². The van der Waals surface area contributed by atoms with Gasteiger partial charge in [-0.05, 0) is 31.4 Å². The molecule has 2 aromatic heterocycles. The van der Waals surface area contributed by atoms with Crippen LogP contribution in [0.15, 0.2) is 24.5 Å². The quantitative estimate of drug-likeness (QED) is 0.810. The Hall–Kier alpha value is -2.17. The van der Waals surface area contributed by atoms with Crippen LogP contribution >= 0.6 is 0 Å². The van der Waals surface area contributed by atoms with Gasteiger partial charge in [0.25, 0.3) is 0 Å². The largest absolute Gasteiger partial charge is 0.323 e. The lowest BCUT2D eigenvalue weighted by atomic mass is 10.00. The Bertz CT molecular complexity index is 754. The van der Waals surface area contributed by atoms with Crippen LogP contribution in [-0.2, 0) is 18.2 Å². The van der Waals surface area contributed by atoms with E-state index in [4.69, 9.17) is 4.11 Å². The van der Waals surface area contributed by atoms with Gasteiger partial charge in [-0.1, -0.05) is 13.3 Å². The van der Waals surface area contributed by atoms with Gasteiger partial charge >= 0.3 is 0 Å². The molecular weight excluding hydrogens is 264 g/mol. The highest BCUT2D eigenvalue weighted by Gasteiger charge is 2.18. The third kappa shape index (κ3) is 2.82. The summed E-state index contributed by atoms with van der Waals surface area (Å²) in [7, 11) is 0. The van der Waals surface area contributed by atoms with Gasteiger partial charge in [0.05, 0.1) is 17.6 Å². The van der Waals surface area contributed by atoms with E-state index in [1.54, 1.807) is 12.3 Å². The van der Waals surface area contributed by atoms with E-state index < -0.39 is 6.98 Å². The van der Waals surface area contributed by atoms with E-state index >= 15 is 0 Å². The number of rotatable bonds is 0. The second-order valence-corrected chi connectivity index (χ2v) is 5.49. The van der Waals surface area contributed by atoms with E-state index in [0.717, 1.165) is 36.1 Å².